The molecule has 2 amide bonds. The molecule has 0 unspecified atom stereocenters. The summed E-state index contributed by atoms with van der Waals surface area (Å²) in [5.41, 5.74) is 1.99. The van der Waals surface area contributed by atoms with Crippen LogP contribution in [-0.2, 0) is 9.53 Å². The first kappa shape index (κ1) is 21.7. The van der Waals surface area contributed by atoms with Crippen LogP contribution in [0.1, 0.15) is 39.0 Å². The van der Waals surface area contributed by atoms with Crippen LogP contribution < -0.4 is 9.47 Å². The molecule has 1 fully saturated rings. The van der Waals surface area contributed by atoms with E-state index in [4.69, 9.17) is 14.2 Å². The van der Waals surface area contributed by atoms with Gasteiger partial charge in [-0.3, -0.25) is 9.59 Å². The molecule has 2 aromatic rings. The van der Waals surface area contributed by atoms with Crippen LogP contribution in [-0.4, -0.2) is 78.1 Å². The van der Waals surface area contributed by atoms with Crippen molar-refractivity contribution in [3.63, 3.8) is 0 Å². The van der Waals surface area contributed by atoms with E-state index in [0.717, 1.165) is 0 Å². The van der Waals surface area contributed by atoms with E-state index in [1.54, 1.807) is 42.7 Å². The molecule has 1 saturated heterocycles. The second kappa shape index (κ2) is 8.94. The summed E-state index contributed by atoms with van der Waals surface area (Å²) in [6, 6.07) is 7.26. The van der Waals surface area contributed by atoms with Crippen LogP contribution in [0.2, 0.25) is 0 Å². The van der Waals surface area contributed by atoms with Crippen molar-refractivity contribution in [3.8, 4) is 11.5 Å². The first-order chi connectivity index (χ1) is 15.4. The lowest BCUT2D eigenvalue weighted by Gasteiger charge is -2.37. The number of piperazine rings is 1. The summed E-state index contributed by atoms with van der Waals surface area (Å²) < 4.78 is 16.5. The molecule has 1 aromatic carbocycles. The summed E-state index contributed by atoms with van der Waals surface area (Å²) in [5.74, 6) is 0.405. The molecule has 4 rings (SSSR count). The Morgan fingerprint density at radius 3 is 2.41 bits per heavy atom. The first-order valence-corrected chi connectivity index (χ1v) is 10.7. The molecule has 9 nitrogen and oxygen atoms in total. The lowest BCUT2D eigenvalue weighted by molar-refractivity contribution is -0.142. The zero-order valence-electron chi connectivity index (χ0n) is 18.5. The van der Waals surface area contributed by atoms with Gasteiger partial charge in [-0.25, -0.2) is 4.79 Å². The number of aromatic amines is 1. The SMILES string of the molecule is CCOC(=O)c1[nH]c(C)c(C(=O)N2CCN(C(=O)[C@@H]3COc4ccccc4O3)CC2)c1C. The number of hydrogen-bond acceptors (Lipinski definition) is 6. The molecule has 2 aliphatic rings. The van der Waals surface area contributed by atoms with Crippen LogP contribution in [0.25, 0.3) is 0 Å². The Bertz CT molecular complexity index is 1040. The molecule has 3 heterocycles. The molecule has 0 aliphatic carbocycles. The van der Waals surface area contributed by atoms with Gasteiger partial charge in [0, 0.05) is 31.9 Å². The number of hydrogen-bond donors (Lipinski definition) is 1. The number of rotatable bonds is 4. The number of ether oxygens (including phenoxy) is 3. The van der Waals surface area contributed by atoms with E-state index in [-0.39, 0.29) is 25.0 Å². The Morgan fingerprint density at radius 2 is 1.72 bits per heavy atom. The van der Waals surface area contributed by atoms with E-state index in [0.29, 0.717) is 60.2 Å². The van der Waals surface area contributed by atoms with Gasteiger partial charge >= 0.3 is 5.97 Å². The highest BCUT2D eigenvalue weighted by Gasteiger charge is 2.34. The molecule has 1 aromatic heterocycles. The van der Waals surface area contributed by atoms with E-state index in [9.17, 15) is 14.4 Å². The van der Waals surface area contributed by atoms with Gasteiger partial charge in [0.25, 0.3) is 11.8 Å². The highest BCUT2D eigenvalue weighted by molar-refractivity contribution is 6.01. The summed E-state index contributed by atoms with van der Waals surface area (Å²) in [7, 11) is 0. The molecular formula is C23H27N3O6. The van der Waals surface area contributed by atoms with E-state index in [2.05, 4.69) is 4.98 Å². The predicted octanol–water partition coefficient (Wildman–Crippen LogP) is 1.93. The van der Waals surface area contributed by atoms with Crippen LogP contribution in [0.3, 0.4) is 0 Å². The molecule has 32 heavy (non-hydrogen) atoms. The van der Waals surface area contributed by atoms with Crippen LogP contribution in [0, 0.1) is 13.8 Å². The van der Waals surface area contributed by atoms with Crippen molar-refractivity contribution in [2.45, 2.75) is 26.9 Å². The zero-order valence-corrected chi connectivity index (χ0v) is 18.5. The van der Waals surface area contributed by atoms with Crippen molar-refractivity contribution in [1.29, 1.82) is 0 Å². The fraction of sp³-hybridized carbons (Fsp3) is 0.435. The van der Waals surface area contributed by atoms with Gasteiger partial charge in [-0.05, 0) is 38.5 Å². The molecular weight excluding hydrogens is 414 g/mol. The minimum absolute atomic E-state index is 0.148. The number of esters is 1. The Morgan fingerprint density at radius 1 is 1.06 bits per heavy atom. The molecule has 170 valence electrons. The number of amides is 2. The fourth-order valence-corrected chi connectivity index (χ4v) is 4.11. The van der Waals surface area contributed by atoms with Gasteiger partial charge in [0.2, 0.25) is 6.10 Å². The number of para-hydroxylation sites is 2. The number of fused-ring (bicyclic) bond motifs is 1. The monoisotopic (exact) mass is 441 g/mol. The van der Waals surface area contributed by atoms with Gasteiger partial charge < -0.3 is 29.0 Å². The second-order valence-electron chi connectivity index (χ2n) is 7.83. The fourth-order valence-electron chi connectivity index (χ4n) is 4.11. The number of nitrogens with one attached hydrogen (secondary N) is 1. The first-order valence-electron chi connectivity index (χ1n) is 10.7. The number of H-pyrrole nitrogens is 1. The molecule has 0 bridgehead atoms. The lowest BCUT2D eigenvalue weighted by Crippen LogP contribution is -2.55. The van der Waals surface area contributed by atoms with Gasteiger partial charge in [-0.2, -0.15) is 0 Å². The average Bonchev–Trinajstić information content (AvgIpc) is 3.12. The number of benzene rings is 1. The molecule has 1 N–H and O–H groups in total. The quantitative estimate of drug-likeness (QED) is 0.728. The van der Waals surface area contributed by atoms with Crippen molar-refractivity contribution in [2.75, 3.05) is 39.4 Å². The number of carbonyl (C=O) groups is 3. The third-order valence-corrected chi connectivity index (χ3v) is 5.79. The number of carbonyl (C=O) groups excluding carboxylic acids is 3. The Labute approximate surface area is 186 Å². The Balaban J connectivity index is 1.38. The zero-order chi connectivity index (χ0) is 22.8. The van der Waals surface area contributed by atoms with E-state index in [1.165, 1.54) is 0 Å². The highest BCUT2D eigenvalue weighted by atomic mass is 16.6. The van der Waals surface area contributed by atoms with Gasteiger partial charge in [0.05, 0.1) is 12.2 Å². The summed E-state index contributed by atoms with van der Waals surface area (Å²) in [4.78, 5) is 44.6. The van der Waals surface area contributed by atoms with E-state index < -0.39 is 12.1 Å². The van der Waals surface area contributed by atoms with Crippen LogP contribution >= 0.6 is 0 Å². The lowest BCUT2D eigenvalue weighted by atomic mass is 10.1. The molecule has 0 spiro atoms. The van der Waals surface area contributed by atoms with Crippen molar-refractivity contribution < 1.29 is 28.6 Å². The summed E-state index contributed by atoms with van der Waals surface area (Å²) in [6.45, 7) is 7.26. The number of aryl methyl sites for hydroxylation is 1. The molecule has 2 aliphatic heterocycles. The van der Waals surface area contributed by atoms with E-state index in [1.807, 2.05) is 12.1 Å². The normalized spacial score (nSPS) is 17.8. The van der Waals surface area contributed by atoms with Crippen molar-refractivity contribution in [2.24, 2.45) is 0 Å². The Hall–Kier alpha value is -3.49. The second-order valence-corrected chi connectivity index (χ2v) is 7.83. The van der Waals surface area contributed by atoms with Crippen molar-refractivity contribution in [1.82, 2.24) is 14.8 Å². The van der Waals surface area contributed by atoms with Crippen molar-refractivity contribution in [3.05, 3.63) is 46.8 Å². The third-order valence-electron chi connectivity index (χ3n) is 5.79. The summed E-state index contributed by atoms with van der Waals surface area (Å²) in [6.07, 6.45) is -0.701. The largest absolute Gasteiger partial charge is 0.485 e. The summed E-state index contributed by atoms with van der Waals surface area (Å²) in [5, 5.41) is 0. The maximum Gasteiger partial charge on any atom is 0.355 e. The molecule has 1 atom stereocenters. The van der Waals surface area contributed by atoms with Crippen LogP contribution in [0.15, 0.2) is 24.3 Å². The minimum atomic E-state index is -0.701. The number of nitrogens with zero attached hydrogens (tertiary/aromatic N) is 2. The molecule has 0 saturated carbocycles. The molecule has 0 radical (unpaired) electrons. The van der Waals surface area contributed by atoms with E-state index >= 15 is 0 Å². The third kappa shape index (κ3) is 4.02. The Kier molecular flexibility index (Phi) is 6.07. The highest BCUT2D eigenvalue weighted by Crippen LogP contribution is 2.31. The smallest absolute Gasteiger partial charge is 0.355 e. The number of aromatic nitrogens is 1. The maximum absolute atomic E-state index is 13.2. The van der Waals surface area contributed by atoms with Crippen molar-refractivity contribution >= 4 is 17.8 Å². The van der Waals surface area contributed by atoms with Gasteiger partial charge in [-0.1, -0.05) is 12.1 Å². The van der Waals surface area contributed by atoms with Gasteiger partial charge in [0.15, 0.2) is 11.5 Å². The predicted molar refractivity (Wildman–Crippen MR) is 115 cm³/mol. The van der Waals surface area contributed by atoms with Gasteiger partial charge in [0.1, 0.15) is 12.3 Å². The average molecular weight is 441 g/mol. The minimum Gasteiger partial charge on any atom is -0.485 e. The van der Waals surface area contributed by atoms with Gasteiger partial charge in [-0.15, -0.1) is 0 Å². The topological polar surface area (TPSA) is 101 Å². The molecule has 9 heteroatoms. The van der Waals surface area contributed by atoms with Crippen LogP contribution in [0.5, 0.6) is 11.5 Å². The standard InChI is InChI=1S/C23H27N3O6/c1-4-30-23(29)20-14(2)19(15(3)24-20)22(28)26-11-9-25(10-12-26)21(27)18-13-31-16-7-5-6-8-17(16)32-18/h5-8,18,24H,4,9-13H2,1-3H3/t18-/m0/s1. The van der Waals surface area contributed by atoms with Crippen LogP contribution in [0.4, 0.5) is 0 Å². The summed E-state index contributed by atoms with van der Waals surface area (Å²) >= 11 is 0. The maximum atomic E-state index is 13.2.